The molecule has 2 saturated heterocycles. The molecule has 3 aliphatic rings. The molecule has 2 fully saturated rings. The van der Waals surface area contributed by atoms with Gasteiger partial charge in [-0.15, -0.1) is 11.8 Å². The highest BCUT2D eigenvalue weighted by atomic mass is 32.2. The van der Waals surface area contributed by atoms with Crippen molar-refractivity contribution in [1.29, 1.82) is 0 Å². The Morgan fingerprint density at radius 3 is 2.50 bits per heavy atom. The van der Waals surface area contributed by atoms with Crippen molar-refractivity contribution in [3.8, 4) is 5.75 Å². The number of hydrogen-bond acceptors (Lipinski definition) is 7. The van der Waals surface area contributed by atoms with Crippen molar-refractivity contribution in [2.24, 2.45) is 0 Å². The molecule has 3 aromatic rings. The fourth-order valence-corrected chi connectivity index (χ4v) is 7.88. The Balaban J connectivity index is 1.31. The third kappa shape index (κ3) is 4.32. The van der Waals surface area contributed by atoms with Gasteiger partial charge in [-0.25, -0.2) is 4.79 Å². The standard InChI is InChI=1S/C30H30N4O7S/c1-14-7-8-16-5-4-6-18-22(16)33(14)13-19(23(18)36)25(37)31-20(15-9-11-17(35)12-10-15)26(38)32-21-27(39)34-24(29(40)41)30(2,3)42-28(21)34/h4-6,9-14,20-21,24,28,35H,7-8H2,1-3H3,(H,31,37)(H,32,38)(H,40,41). The van der Waals surface area contributed by atoms with E-state index in [0.717, 1.165) is 23.9 Å². The van der Waals surface area contributed by atoms with Gasteiger partial charge in [0.15, 0.2) is 0 Å². The number of nitrogens with one attached hydrogen (secondary N) is 2. The van der Waals surface area contributed by atoms with Crippen molar-refractivity contribution >= 4 is 46.4 Å². The monoisotopic (exact) mass is 590 g/mol. The van der Waals surface area contributed by atoms with Crippen LogP contribution in [0.15, 0.2) is 53.5 Å². The number of rotatable bonds is 6. The van der Waals surface area contributed by atoms with Crippen molar-refractivity contribution in [2.45, 2.75) is 67.9 Å². The van der Waals surface area contributed by atoms with Crippen LogP contribution in [0.1, 0.15) is 60.8 Å². The summed E-state index contributed by atoms with van der Waals surface area (Å²) in [5, 5.41) is 24.7. The van der Waals surface area contributed by atoms with E-state index in [0.29, 0.717) is 10.9 Å². The van der Waals surface area contributed by atoms with E-state index in [2.05, 4.69) is 10.6 Å². The Labute approximate surface area is 244 Å². The first kappa shape index (κ1) is 27.8. The second kappa shape index (κ2) is 9.90. The van der Waals surface area contributed by atoms with Crippen LogP contribution in [-0.4, -0.2) is 65.6 Å². The van der Waals surface area contributed by atoms with Gasteiger partial charge in [0.2, 0.25) is 17.2 Å². The molecule has 0 bridgehead atoms. The number of amides is 3. The number of benzene rings is 2. The fourth-order valence-electron chi connectivity index (χ4n) is 6.26. The van der Waals surface area contributed by atoms with Crippen molar-refractivity contribution in [3.05, 3.63) is 75.6 Å². The molecule has 0 spiro atoms. The lowest BCUT2D eigenvalue weighted by Gasteiger charge is -2.44. The molecule has 5 unspecified atom stereocenters. The van der Waals surface area contributed by atoms with Crippen LogP contribution in [0.4, 0.5) is 0 Å². The van der Waals surface area contributed by atoms with Gasteiger partial charge in [0.1, 0.15) is 34.8 Å². The average molecular weight is 591 g/mol. The molecule has 3 aliphatic heterocycles. The molecule has 0 radical (unpaired) electrons. The van der Waals surface area contributed by atoms with E-state index in [1.807, 2.05) is 17.6 Å². The van der Waals surface area contributed by atoms with Crippen LogP contribution >= 0.6 is 11.8 Å². The molecule has 0 saturated carbocycles. The predicted molar refractivity (Wildman–Crippen MR) is 155 cm³/mol. The normalized spacial score (nSPS) is 24.5. The first-order valence-electron chi connectivity index (χ1n) is 13.7. The van der Waals surface area contributed by atoms with Crippen LogP contribution in [0.25, 0.3) is 10.9 Å². The topological polar surface area (TPSA) is 158 Å². The van der Waals surface area contributed by atoms with Crippen molar-refractivity contribution < 1.29 is 29.4 Å². The molecular weight excluding hydrogens is 560 g/mol. The number of phenols is 1. The minimum atomic E-state index is -1.31. The lowest BCUT2D eigenvalue weighted by Crippen LogP contribution is -2.71. The van der Waals surface area contributed by atoms with Crippen molar-refractivity contribution in [1.82, 2.24) is 20.1 Å². The molecule has 218 valence electrons. The largest absolute Gasteiger partial charge is 0.508 e. The van der Waals surface area contributed by atoms with E-state index in [1.54, 1.807) is 26.0 Å². The summed E-state index contributed by atoms with van der Waals surface area (Å²) < 4.78 is 1.16. The van der Waals surface area contributed by atoms with Gasteiger partial charge in [-0.1, -0.05) is 24.3 Å². The van der Waals surface area contributed by atoms with Gasteiger partial charge in [0.25, 0.3) is 5.91 Å². The van der Waals surface area contributed by atoms with Gasteiger partial charge in [-0.2, -0.15) is 0 Å². The Bertz CT molecular complexity index is 1720. The van der Waals surface area contributed by atoms with Crippen LogP contribution in [0.3, 0.4) is 0 Å². The number of nitrogens with zero attached hydrogens (tertiary/aromatic N) is 2. The van der Waals surface area contributed by atoms with E-state index in [-0.39, 0.29) is 17.4 Å². The first-order valence-corrected chi connectivity index (χ1v) is 14.6. The second-order valence-electron chi connectivity index (χ2n) is 11.6. The molecule has 4 heterocycles. The third-order valence-corrected chi connectivity index (χ3v) is 9.99. The number of para-hydroxylation sites is 1. The number of aromatic nitrogens is 1. The summed E-state index contributed by atoms with van der Waals surface area (Å²) in [6.45, 7) is 5.49. The summed E-state index contributed by atoms with van der Waals surface area (Å²) >= 11 is 1.29. The zero-order valence-electron chi connectivity index (χ0n) is 23.2. The minimum absolute atomic E-state index is 0.0463. The lowest BCUT2D eigenvalue weighted by molar-refractivity contribution is -0.161. The number of carboxylic acids is 1. The van der Waals surface area contributed by atoms with Gasteiger partial charge >= 0.3 is 5.97 Å². The zero-order valence-corrected chi connectivity index (χ0v) is 24.0. The van der Waals surface area contributed by atoms with Gasteiger partial charge < -0.3 is 30.3 Å². The number of carboxylic acid groups (broad SMARTS) is 1. The highest BCUT2D eigenvalue weighted by Crippen LogP contribution is 2.50. The lowest BCUT2D eigenvalue weighted by atomic mass is 9.95. The van der Waals surface area contributed by atoms with E-state index < -0.39 is 57.4 Å². The first-order chi connectivity index (χ1) is 19.9. The molecule has 11 nitrogen and oxygen atoms in total. The summed E-state index contributed by atoms with van der Waals surface area (Å²) in [5.41, 5.74) is 1.59. The molecule has 0 aliphatic carbocycles. The van der Waals surface area contributed by atoms with Crippen LogP contribution in [0.5, 0.6) is 5.75 Å². The molecule has 2 aromatic carbocycles. The number of β-lactam (4-membered cyclic amide) rings is 1. The van der Waals surface area contributed by atoms with Gasteiger partial charge in [-0.3, -0.25) is 19.2 Å². The van der Waals surface area contributed by atoms with Gasteiger partial charge in [-0.05, 0) is 62.9 Å². The van der Waals surface area contributed by atoms with E-state index in [9.17, 15) is 34.2 Å². The van der Waals surface area contributed by atoms with Gasteiger partial charge in [0, 0.05) is 22.4 Å². The Kier molecular flexibility index (Phi) is 6.56. The summed E-state index contributed by atoms with van der Waals surface area (Å²) in [5.74, 6) is -3.15. The number of carbonyl (C=O) groups excluding carboxylic acids is 3. The van der Waals surface area contributed by atoms with Crippen molar-refractivity contribution in [2.75, 3.05) is 0 Å². The molecule has 12 heteroatoms. The number of carbonyl (C=O) groups is 4. The van der Waals surface area contributed by atoms with Crippen LogP contribution in [0.2, 0.25) is 0 Å². The highest BCUT2D eigenvalue weighted by molar-refractivity contribution is 8.01. The molecule has 1 aromatic heterocycles. The Morgan fingerprint density at radius 1 is 1.10 bits per heavy atom. The molecule has 42 heavy (non-hydrogen) atoms. The fraction of sp³-hybridized carbons (Fsp3) is 0.367. The minimum Gasteiger partial charge on any atom is -0.508 e. The zero-order chi connectivity index (χ0) is 30.1. The number of thioether (sulfide) groups is 1. The van der Waals surface area contributed by atoms with Crippen LogP contribution < -0.4 is 16.1 Å². The molecule has 3 amide bonds. The summed E-state index contributed by atoms with van der Waals surface area (Å²) in [7, 11) is 0. The SMILES string of the molecule is CC1CCc2cccc3c(=O)c(C(=O)NC(C(=O)NC4C(=O)N5C4SC(C)(C)C5C(=O)O)c4ccc(O)cc4)cn1c23. The maximum absolute atomic E-state index is 13.7. The second-order valence-corrected chi connectivity index (χ2v) is 13.3. The molecule has 4 N–H and O–H groups in total. The number of pyridine rings is 1. The average Bonchev–Trinajstić information content (AvgIpc) is 3.21. The maximum Gasteiger partial charge on any atom is 0.327 e. The maximum atomic E-state index is 13.7. The third-order valence-electron chi connectivity index (χ3n) is 8.42. The summed E-state index contributed by atoms with van der Waals surface area (Å²) in [4.78, 5) is 67.0. The van der Waals surface area contributed by atoms with Crippen LogP contribution in [0, 0.1) is 0 Å². The van der Waals surface area contributed by atoms with E-state index in [1.165, 1.54) is 47.1 Å². The number of fused-ring (bicyclic) bond motifs is 1. The quantitative estimate of drug-likeness (QED) is 0.319. The molecular formula is C30H30N4O7S. The highest BCUT2D eigenvalue weighted by Gasteiger charge is 2.64. The van der Waals surface area contributed by atoms with Gasteiger partial charge in [0.05, 0.1) is 5.52 Å². The number of aryl methyl sites for hydroxylation is 1. The number of aliphatic carboxylic acids is 1. The van der Waals surface area contributed by atoms with E-state index in [4.69, 9.17) is 0 Å². The number of aromatic hydroxyl groups is 1. The number of phenolic OH excluding ortho intramolecular Hbond substituents is 1. The Morgan fingerprint density at radius 2 is 1.81 bits per heavy atom. The smallest absolute Gasteiger partial charge is 0.327 e. The summed E-state index contributed by atoms with van der Waals surface area (Å²) in [6.07, 6.45) is 3.21. The predicted octanol–water partition coefficient (Wildman–Crippen LogP) is 2.32. The Hall–Kier alpha value is -4.32. The van der Waals surface area contributed by atoms with Crippen LogP contribution in [-0.2, 0) is 20.8 Å². The van der Waals surface area contributed by atoms with E-state index >= 15 is 0 Å². The molecule has 5 atom stereocenters. The number of hydrogen-bond donors (Lipinski definition) is 4. The summed E-state index contributed by atoms with van der Waals surface area (Å²) in [6, 6.07) is 7.84. The van der Waals surface area contributed by atoms with Crippen molar-refractivity contribution in [3.63, 3.8) is 0 Å². The molecule has 6 rings (SSSR count).